The molecule has 1 aliphatic rings. The summed E-state index contributed by atoms with van der Waals surface area (Å²) < 4.78 is 1.81. The van der Waals surface area contributed by atoms with Gasteiger partial charge in [-0.1, -0.05) is 18.1 Å². The maximum absolute atomic E-state index is 12.2. The van der Waals surface area contributed by atoms with Gasteiger partial charge >= 0.3 is 0 Å². The van der Waals surface area contributed by atoms with Gasteiger partial charge in [0.05, 0.1) is 6.54 Å². The minimum absolute atomic E-state index is 0.00977. The number of aromatic nitrogens is 1. The molecule has 0 spiro atoms. The van der Waals surface area contributed by atoms with E-state index in [1.54, 1.807) is 6.07 Å². The summed E-state index contributed by atoms with van der Waals surface area (Å²) in [6.45, 7) is 2.40. The molecule has 0 bridgehead atoms. The van der Waals surface area contributed by atoms with E-state index in [4.69, 9.17) is 5.53 Å². The molecule has 0 atom stereocenters. The molecular formula is C13H18N4O. The van der Waals surface area contributed by atoms with Gasteiger partial charge in [-0.05, 0) is 43.2 Å². The van der Waals surface area contributed by atoms with Crippen LogP contribution in [-0.4, -0.2) is 4.57 Å². The van der Waals surface area contributed by atoms with E-state index < -0.39 is 0 Å². The first kappa shape index (κ1) is 12.7. The Morgan fingerprint density at radius 1 is 1.44 bits per heavy atom. The number of azide groups is 1. The molecule has 0 aromatic carbocycles. The molecule has 0 saturated heterocycles. The topological polar surface area (TPSA) is 70.8 Å². The van der Waals surface area contributed by atoms with Crippen molar-refractivity contribution in [1.29, 1.82) is 0 Å². The van der Waals surface area contributed by atoms with Crippen molar-refractivity contribution in [3.05, 3.63) is 44.7 Å². The van der Waals surface area contributed by atoms with E-state index in [0.717, 1.165) is 18.8 Å². The molecule has 1 aliphatic carbocycles. The summed E-state index contributed by atoms with van der Waals surface area (Å²) in [5, 5.41) is 3.47. The minimum atomic E-state index is -0.00977. The maximum atomic E-state index is 12.2. The summed E-state index contributed by atoms with van der Waals surface area (Å²) in [6, 6.07) is 3.90. The highest BCUT2D eigenvalue weighted by molar-refractivity contribution is 5.11. The van der Waals surface area contributed by atoms with Crippen LogP contribution in [-0.2, 0) is 6.54 Å². The molecule has 0 amide bonds. The first-order valence-electron chi connectivity index (χ1n) is 6.43. The number of hydrogen-bond acceptors (Lipinski definition) is 2. The van der Waals surface area contributed by atoms with Crippen molar-refractivity contribution in [2.75, 3.05) is 0 Å². The molecule has 0 unspecified atom stereocenters. The van der Waals surface area contributed by atoms with Crippen LogP contribution in [0.4, 0.5) is 0 Å². The van der Waals surface area contributed by atoms with Crippen LogP contribution in [0.2, 0.25) is 0 Å². The van der Waals surface area contributed by atoms with Gasteiger partial charge in [0.2, 0.25) is 0 Å². The first-order valence-corrected chi connectivity index (χ1v) is 6.43. The molecule has 1 heterocycles. The van der Waals surface area contributed by atoms with Crippen molar-refractivity contribution in [2.45, 2.75) is 45.2 Å². The molecule has 1 fully saturated rings. The third-order valence-electron chi connectivity index (χ3n) is 3.74. The van der Waals surface area contributed by atoms with E-state index >= 15 is 0 Å². The summed E-state index contributed by atoms with van der Waals surface area (Å²) in [6.07, 6.45) is 6.33. The fourth-order valence-electron chi connectivity index (χ4n) is 2.59. The Labute approximate surface area is 106 Å². The average Bonchev–Trinajstić information content (AvgIpc) is 2.39. The normalized spacial score (nSPS) is 23.4. The Morgan fingerprint density at radius 2 is 2.17 bits per heavy atom. The van der Waals surface area contributed by atoms with Crippen molar-refractivity contribution in [3.63, 3.8) is 0 Å². The standard InChI is InChI=1S/C13H18N4O/c1-10-4-6-12(7-5-10)17-8-2-3-11(13(17)18)9-15-16-14/h2-3,8,10,12H,4-7,9H2,1H3. The summed E-state index contributed by atoms with van der Waals surface area (Å²) in [7, 11) is 0. The van der Waals surface area contributed by atoms with Gasteiger partial charge in [-0.15, -0.1) is 0 Å². The van der Waals surface area contributed by atoms with Gasteiger partial charge in [0.1, 0.15) is 0 Å². The van der Waals surface area contributed by atoms with Crippen LogP contribution in [0.5, 0.6) is 0 Å². The lowest BCUT2D eigenvalue weighted by Crippen LogP contribution is -2.29. The number of nitrogens with zero attached hydrogens (tertiary/aromatic N) is 4. The Hall–Kier alpha value is -1.74. The molecule has 1 aromatic rings. The molecule has 0 radical (unpaired) electrons. The molecule has 2 rings (SSSR count). The van der Waals surface area contributed by atoms with Gasteiger partial charge in [0.25, 0.3) is 5.56 Å². The van der Waals surface area contributed by atoms with Crippen molar-refractivity contribution < 1.29 is 0 Å². The average molecular weight is 246 g/mol. The lowest BCUT2D eigenvalue weighted by molar-refractivity contribution is 0.284. The molecule has 96 valence electrons. The first-order chi connectivity index (χ1) is 8.72. The van der Waals surface area contributed by atoms with E-state index in [-0.39, 0.29) is 12.1 Å². The van der Waals surface area contributed by atoms with Gasteiger partial charge in [-0.3, -0.25) is 4.79 Å². The zero-order valence-electron chi connectivity index (χ0n) is 10.6. The zero-order chi connectivity index (χ0) is 13.0. The molecular weight excluding hydrogens is 228 g/mol. The van der Waals surface area contributed by atoms with E-state index in [2.05, 4.69) is 16.9 Å². The van der Waals surface area contributed by atoms with Crippen molar-refractivity contribution in [3.8, 4) is 0 Å². The lowest BCUT2D eigenvalue weighted by Gasteiger charge is -2.28. The fraction of sp³-hybridized carbons (Fsp3) is 0.615. The summed E-state index contributed by atoms with van der Waals surface area (Å²) in [5.74, 6) is 0.767. The predicted molar refractivity (Wildman–Crippen MR) is 70.2 cm³/mol. The maximum Gasteiger partial charge on any atom is 0.254 e. The van der Waals surface area contributed by atoms with Gasteiger partial charge in [0.15, 0.2) is 0 Å². The van der Waals surface area contributed by atoms with Gasteiger partial charge < -0.3 is 4.57 Å². The molecule has 0 N–H and O–H groups in total. The molecule has 5 nitrogen and oxygen atoms in total. The van der Waals surface area contributed by atoms with E-state index in [9.17, 15) is 4.79 Å². The minimum Gasteiger partial charge on any atom is -0.312 e. The smallest absolute Gasteiger partial charge is 0.254 e. The summed E-state index contributed by atoms with van der Waals surface area (Å²) in [5.41, 5.74) is 8.88. The van der Waals surface area contributed by atoms with E-state index in [1.807, 2.05) is 16.8 Å². The Balaban J connectivity index is 2.23. The van der Waals surface area contributed by atoms with Crippen LogP contribution < -0.4 is 5.56 Å². The highest BCUT2D eigenvalue weighted by Gasteiger charge is 2.20. The molecule has 1 aromatic heterocycles. The Morgan fingerprint density at radius 3 is 2.83 bits per heavy atom. The highest BCUT2D eigenvalue weighted by Crippen LogP contribution is 2.30. The van der Waals surface area contributed by atoms with Gasteiger partial charge in [-0.25, -0.2) is 0 Å². The van der Waals surface area contributed by atoms with Crippen LogP contribution in [0.1, 0.15) is 44.2 Å². The predicted octanol–water partition coefficient (Wildman–Crippen LogP) is 3.41. The van der Waals surface area contributed by atoms with Crippen LogP contribution >= 0.6 is 0 Å². The van der Waals surface area contributed by atoms with Crippen LogP contribution in [0, 0.1) is 5.92 Å². The fourth-order valence-corrected chi connectivity index (χ4v) is 2.59. The molecule has 5 heteroatoms. The van der Waals surface area contributed by atoms with Crippen LogP contribution in [0.25, 0.3) is 10.4 Å². The number of pyridine rings is 1. The van der Waals surface area contributed by atoms with Gasteiger partial charge in [-0.2, -0.15) is 0 Å². The second-order valence-electron chi connectivity index (χ2n) is 5.05. The number of hydrogen-bond donors (Lipinski definition) is 0. The third kappa shape index (κ3) is 2.74. The quantitative estimate of drug-likeness (QED) is 0.457. The third-order valence-corrected chi connectivity index (χ3v) is 3.74. The van der Waals surface area contributed by atoms with Crippen molar-refractivity contribution in [1.82, 2.24) is 4.57 Å². The largest absolute Gasteiger partial charge is 0.312 e. The molecule has 0 aliphatic heterocycles. The second-order valence-corrected chi connectivity index (χ2v) is 5.05. The van der Waals surface area contributed by atoms with Crippen molar-refractivity contribution in [2.24, 2.45) is 11.0 Å². The zero-order valence-corrected chi connectivity index (χ0v) is 10.6. The Kier molecular flexibility index (Phi) is 4.05. The van der Waals surface area contributed by atoms with Crippen LogP contribution in [0.15, 0.2) is 28.2 Å². The summed E-state index contributed by atoms with van der Waals surface area (Å²) in [4.78, 5) is 14.9. The molecule has 1 saturated carbocycles. The summed E-state index contributed by atoms with van der Waals surface area (Å²) >= 11 is 0. The second kappa shape index (κ2) is 5.74. The SMILES string of the molecule is CC1CCC(n2cccc(CN=[N+]=[N-])c2=O)CC1. The van der Waals surface area contributed by atoms with E-state index in [1.165, 1.54) is 12.8 Å². The van der Waals surface area contributed by atoms with Crippen molar-refractivity contribution >= 4 is 0 Å². The van der Waals surface area contributed by atoms with Gasteiger partial charge in [0, 0.05) is 22.7 Å². The lowest BCUT2D eigenvalue weighted by atomic mass is 9.87. The highest BCUT2D eigenvalue weighted by atomic mass is 16.1. The Bertz CT molecular complexity index is 508. The molecule has 18 heavy (non-hydrogen) atoms. The van der Waals surface area contributed by atoms with Crippen LogP contribution in [0.3, 0.4) is 0 Å². The number of rotatable bonds is 3. The van der Waals surface area contributed by atoms with E-state index in [0.29, 0.717) is 11.6 Å². The monoisotopic (exact) mass is 246 g/mol.